The Labute approximate surface area is 194 Å². The second-order valence-electron chi connectivity index (χ2n) is 8.91. The number of ether oxygens (including phenoxy) is 1. The molecule has 2 aromatic rings. The van der Waals surface area contributed by atoms with E-state index in [9.17, 15) is 9.59 Å². The Morgan fingerprint density at radius 2 is 1.75 bits per heavy atom. The summed E-state index contributed by atoms with van der Waals surface area (Å²) in [6.45, 7) is 9.86. The van der Waals surface area contributed by atoms with Crippen LogP contribution in [0.2, 0.25) is 0 Å². The van der Waals surface area contributed by atoms with E-state index in [4.69, 9.17) is 9.72 Å². The number of aryl methyl sites for hydroxylation is 1. The number of para-hydroxylation sites is 2. The third-order valence-electron chi connectivity index (χ3n) is 5.21. The Hall–Kier alpha value is -2.55. The van der Waals surface area contributed by atoms with Crippen molar-refractivity contribution >= 4 is 40.6 Å². The van der Waals surface area contributed by atoms with Gasteiger partial charge in [0.15, 0.2) is 5.82 Å². The van der Waals surface area contributed by atoms with Crippen molar-refractivity contribution in [3.63, 3.8) is 0 Å². The van der Waals surface area contributed by atoms with Crippen molar-refractivity contribution in [1.82, 2.24) is 20.2 Å². The van der Waals surface area contributed by atoms with E-state index < -0.39 is 17.7 Å². The minimum atomic E-state index is -0.610. The van der Waals surface area contributed by atoms with Crippen LogP contribution in [-0.4, -0.2) is 76.7 Å². The molecule has 1 aromatic carbocycles. The lowest BCUT2D eigenvalue weighted by atomic mass is 10.1. The summed E-state index contributed by atoms with van der Waals surface area (Å²) in [6.07, 6.45) is 1.99. The zero-order valence-electron chi connectivity index (χ0n) is 19.6. The minimum absolute atomic E-state index is 0.0640. The molecule has 0 spiro atoms. The number of carbonyl (C=O) groups excluding carboxylic acids is 2. The van der Waals surface area contributed by atoms with Crippen LogP contribution >= 0.6 is 11.8 Å². The third kappa shape index (κ3) is 6.25. The van der Waals surface area contributed by atoms with E-state index in [0.29, 0.717) is 32.6 Å². The molecule has 32 heavy (non-hydrogen) atoms. The molecule has 2 amide bonds. The maximum absolute atomic E-state index is 13.2. The summed E-state index contributed by atoms with van der Waals surface area (Å²) in [4.78, 5) is 38.9. The first-order valence-electron chi connectivity index (χ1n) is 10.9. The highest BCUT2D eigenvalue weighted by Crippen LogP contribution is 2.21. The SMILES string of the molecule is CSCCC(NC(=O)OC(C)(C)C)C(=O)N1CCN(c2nc3ccccc3nc2C)CC1. The second-order valence-corrected chi connectivity index (χ2v) is 9.90. The van der Waals surface area contributed by atoms with Gasteiger partial charge in [-0.2, -0.15) is 11.8 Å². The first kappa shape index (κ1) is 24.1. The van der Waals surface area contributed by atoms with Crippen LogP contribution < -0.4 is 10.2 Å². The largest absolute Gasteiger partial charge is 0.444 e. The van der Waals surface area contributed by atoms with Gasteiger partial charge in [0.05, 0.1) is 16.7 Å². The number of nitrogens with zero attached hydrogens (tertiary/aromatic N) is 4. The summed E-state index contributed by atoms with van der Waals surface area (Å²) in [6, 6.07) is 7.25. The molecule has 3 rings (SSSR count). The first-order chi connectivity index (χ1) is 15.2. The molecule has 1 aliphatic rings. The fourth-order valence-corrected chi connectivity index (χ4v) is 4.15. The standard InChI is InChI=1S/C23H33N5O3S/c1-16-20(25-18-9-7-6-8-17(18)24-16)27-11-13-28(14-12-27)21(29)19(10-15-32-5)26-22(30)31-23(2,3)4/h6-9,19H,10-15H2,1-5H3,(H,26,30). The molecule has 8 nitrogen and oxygen atoms in total. The molecule has 1 aliphatic heterocycles. The predicted molar refractivity (Wildman–Crippen MR) is 129 cm³/mol. The van der Waals surface area contributed by atoms with Crippen LogP contribution in [0.1, 0.15) is 32.9 Å². The molecular weight excluding hydrogens is 426 g/mol. The monoisotopic (exact) mass is 459 g/mol. The molecule has 1 fully saturated rings. The molecule has 2 heterocycles. The Kier molecular flexibility index (Phi) is 7.82. The number of aromatic nitrogens is 2. The van der Waals surface area contributed by atoms with Crippen LogP contribution in [0.3, 0.4) is 0 Å². The van der Waals surface area contributed by atoms with E-state index in [-0.39, 0.29) is 5.91 Å². The number of benzene rings is 1. The molecule has 0 bridgehead atoms. The fraction of sp³-hybridized carbons (Fsp3) is 0.565. The molecule has 0 saturated carbocycles. The van der Waals surface area contributed by atoms with Crippen LogP contribution in [0.5, 0.6) is 0 Å². The number of hydrogen-bond acceptors (Lipinski definition) is 7. The number of fused-ring (bicyclic) bond motifs is 1. The van der Waals surface area contributed by atoms with Crippen molar-refractivity contribution in [1.29, 1.82) is 0 Å². The molecular formula is C23H33N5O3S. The zero-order chi connectivity index (χ0) is 23.3. The third-order valence-corrected chi connectivity index (χ3v) is 5.85. The van der Waals surface area contributed by atoms with Gasteiger partial charge in [-0.25, -0.2) is 14.8 Å². The smallest absolute Gasteiger partial charge is 0.408 e. The van der Waals surface area contributed by atoms with E-state index in [1.54, 1.807) is 11.8 Å². The lowest BCUT2D eigenvalue weighted by Crippen LogP contribution is -2.55. The summed E-state index contributed by atoms with van der Waals surface area (Å²) in [5.74, 6) is 1.57. The van der Waals surface area contributed by atoms with Crippen LogP contribution in [0.4, 0.5) is 10.6 Å². The molecule has 0 radical (unpaired) electrons. The molecule has 1 atom stereocenters. The van der Waals surface area contributed by atoms with Crippen molar-refractivity contribution in [2.75, 3.05) is 43.1 Å². The van der Waals surface area contributed by atoms with Gasteiger partial charge in [-0.05, 0) is 58.3 Å². The Morgan fingerprint density at radius 3 is 2.34 bits per heavy atom. The summed E-state index contributed by atoms with van der Waals surface area (Å²) in [7, 11) is 0. The zero-order valence-corrected chi connectivity index (χ0v) is 20.4. The van der Waals surface area contributed by atoms with E-state index >= 15 is 0 Å². The average molecular weight is 460 g/mol. The number of carbonyl (C=O) groups is 2. The van der Waals surface area contributed by atoms with Gasteiger partial charge in [-0.1, -0.05) is 12.1 Å². The minimum Gasteiger partial charge on any atom is -0.444 e. The number of thioether (sulfide) groups is 1. The fourth-order valence-electron chi connectivity index (χ4n) is 3.68. The predicted octanol–water partition coefficient (Wildman–Crippen LogP) is 3.23. The highest BCUT2D eigenvalue weighted by molar-refractivity contribution is 7.98. The summed E-state index contributed by atoms with van der Waals surface area (Å²) in [5.41, 5.74) is 2.02. The van der Waals surface area contributed by atoms with Crippen LogP contribution in [0.25, 0.3) is 11.0 Å². The number of nitrogens with one attached hydrogen (secondary N) is 1. The Morgan fingerprint density at radius 1 is 1.12 bits per heavy atom. The summed E-state index contributed by atoms with van der Waals surface area (Å²) in [5, 5.41) is 2.78. The lowest BCUT2D eigenvalue weighted by Gasteiger charge is -2.37. The Bertz CT molecular complexity index is 954. The molecule has 9 heteroatoms. The number of alkyl carbamates (subject to hydrolysis) is 1. The molecule has 1 saturated heterocycles. The molecule has 1 unspecified atom stereocenters. The van der Waals surface area contributed by atoms with Gasteiger partial charge >= 0.3 is 6.09 Å². The molecule has 1 N–H and O–H groups in total. The maximum Gasteiger partial charge on any atom is 0.408 e. The van der Waals surface area contributed by atoms with Crippen molar-refractivity contribution < 1.29 is 14.3 Å². The normalized spacial score (nSPS) is 15.5. The van der Waals surface area contributed by atoms with Gasteiger partial charge in [0.1, 0.15) is 11.6 Å². The van der Waals surface area contributed by atoms with Crippen LogP contribution in [0, 0.1) is 6.92 Å². The van der Waals surface area contributed by atoms with Crippen molar-refractivity contribution in [3.05, 3.63) is 30.0 Å². The van der Waals surface area contributed by atoms with Gasteiger partial charge in [0.2, 0.25) is 5.91 Å². The number of rotatable bonds is 6. The van der Waals surface area contributed by atoms with Crippen molar-refractivity contribution in [2.45, 2.75) is 45.8 Å². The van der Waals surface area contributed by atoms with E-state index in [1.807, 2.05) is 63.1 Å². The van der Waals surface area contributed by atoms with Gasteiger partial charge < -0.3 is 19.9 Å². The number of hydrogen-bond donors (Lipinski definition) is 1. The highest BCUT2D eigenvalue weighted by Gasteiger charge is 2.30. The number of piperazine rings is 1. The van der Waals surface area contributed by atoms with Crippen molar-refractivity contribution in [3.8, 4) is 0 Å². The maximum atomic E-state index is 13.2. The molecule has 174 valence electrons. The van der Waals surface area contributed by atoms with Crippen LogP contribution in [-0.2, 0) is 9.53 Å². The lowest BCUT2D eigenvalue weighted by molar-refractivity contribution is -0.133. The summed E-state index contributed by atoms with van der Waals surface area (Å²) >= 11 is 1.65. The highest BCUT2D eigenvalue weighted by atomic mass is 32.2. The number of amides is 2. The topological polar surface area (TPSA) is 87.7 Å². The average Bonchev–Trinajstić information content (AvgIpc) is 2.74. The van der Waals surface area contributed by atoms with E-state index in [2.05, 4.69) is 15.2 Å². The molecule has 1 aromatic heterocycles. The van der Waals surface area contributed by atoms with E-state index in [0.717, 1.165) is 28.3 Å². The van der Waals surface area contributed by atoms with E-state index in [1.165, 1.54) is 0 Å². The van der Waals surface area contributed by atoms with Crippen molar-refractivity contribution in [2.24, 2.45) is 0 Å². The quantitative estimate of drug-likeness (QED) is 0.709. The first-order valence-corrected chi connectivity index (χ1v) is 12.3. The van der Waals surface area contributed by atoms with Gasteiger partial charge in [-0.15, -0.1) is 0 Å². The number of anilines is 1. The molecule has 0 aliphatic carbocycles. The van der Waals surface area contributed by atoms with Gasteiger partial charge in [0.25, 0.3) is 0 Å². The van der Waals surface area contributed by atoms with Gasteiger partial charge in [-0.3, -0.25) is 4.79 Å². The Balaban J connectivity index is 1.65. The van der Waals surface area contributed by atoms with Gasteiger partial charge in [0, 0.05) is 26.2 Å². The second kappa shape index (κ2) is 10.4. The summed E-state index contributed by atoms with van der Waals surface area (Å²) < 4.78 is 5.36. The van der Waals surface area contributed by atoms with Crippen LogP contribution in [0.15, 0.2) is 24.3 Å².